The van der Waals surface area contributed by atoms with Gasteiger partial charge in [0, 0.05) is 12.1 Å². The highest BCUT2D eigenvalue weighted by atomic mass is 19.3. The van der Waals surface area contributed by atoms with Gasteiger partial charge >= 0.3 is 0 Å². The second-order valence-electron chi connectivity index (χ2n) is 3.84. The molecule has 110 valence electrons. The van der Waals surface area contributed by atoms with Crippen LogP contribution in [0.15, 0.2) is 18.2 Å². The topological polar surface area (TPSA) is 102 Å². The quantitative estimate of drug-likeness (QED) is 0.600. The summed E-state index contributed by atoms with van der Waals surface area (Å²) in [5.41, 5.74) is -0.611. The van der Waals surface area contributed by atoms with E-state index < -0.39 is 29.9 Å². The van der Waals surface area contributed by atoms with Crippen LogP contribution in [0.25, 0.3) is 0 Å². The lowest BCUT2D eigenvalue weighted by Gasteiger charge is -2.14. The first-order valence-electron chi connectivity index (χ1n) is 5.40. The van der Waals surface area contributed by atoms with Crippen LogP contribution in [0.1, 0.15) is 10.4 Å². The number of nitrogens with one attached hydrogen (secondary N) is 1. The number of aliphatic hydroxyl groups is 1. The number of nitrogens with zero attached hydrogens (tertiary/aromatic N) is 1. The molecular formula is C11H12F2N2O5. The number of nitro groups is 1. The van der Waals surface area contributed by atoms with E-state index in [2.05, 4.69) is 0 Å². The van der Waals surface area contributed by atoms with Crippen molar-refractivity contribution in [3.8, 4) is 5.75 Å². The highest BCUT2D eigenvalue weighted by Gasteiger charge is 2.29. The number of methoxy groups -OCH3 is 1. The third-order valence-corrected chi connectivity index (χ3v) is 2.38. The van der Waals surface area contributed by atoms with Crippen LogP contribution >= 0.6 is 0 Å². The first kappa shape index (κ1) is 15.8. The first-order chi connectivity index (χ1) is 9.30. The van der Waals surface area contributed by atoms with Crippen molar-refractivity contribution in [2.24, 2.45) is 0 Å². The molecule has 1 aromatic carbocycles. The van der Waals surface area contributed by atoms with Crippen LogP contribution in [0, 0.1) is 10.1 Å². The molecule has 0 aliphatic rings. The zero-order chi connectivity index (χ0) is 15.3. The van der Waals surface area contributed by atoms with E-state index in [0.717, 1.165) is 12.1 Å². The average Bonchev–Trinajstić information content (AvgIpc) is 2.44. The Hall–Kier alpha value is -2.29. The van der Waals surface area contributed by atoms with Gasteiger partial charge in [-0.3, -0.25) is 14.9 Å². The number of nitro benzene ring substituents is 1. The number of halogens is 2. The van der Waals surface area contributed by atoms with E-state index in [1.165, 1.54) is 13.2 Å². The number of amides is 1. The van der Waals surface area contributed by atoms with Gasteiger partial charge in [0.15, 0.2) is 0 Å². The van der Waals surface area contributed by atoms with Crippen LogP contribution in [-0.2, 0) is 0 Å². The smallest absolute Gasteiger partial charge is 0.287 e. The third kappa shape index (κ3) is 3.85. The Morgan fingerprint density at radius 1 is 1.55 bits per heavy atom. The summed E-state index contributed by atoms with van der Waals surface area (Å²) in [5.74, 6) is -4.41. The van der Waals surface area contributed by atoms with Gasteiger partial charge in [0.05, 0.1) is 24.1 Å². The fraction of sp³-hybridized carbons (Fsp3) is 0.364. The molecule has 0 radical (unpaired) electrons. The molecule has 0 aliphatic carbocycles. The Kier molecular flexibility index (Phi) is 4.92. The SMILES string of the molecule is COc1ccc([N+](=O)[O-])cc1C(=O)NCC(F)(F)CO. The van der Waals surface area contributed by atoms with Crippen molar-refractivity contribution in [2.75, 3.05) is 20.3 Å². The van der Waals surface area contributed by atoms with Crippen LogP contribution < -0.4 is 10.1 Å². The molecule has 0 spiro atoms. The molecule has 7 nitrogen and oxygen atoms in total. The molecule has 1 amide bonds. The Morgan fingerprint density at radius 3 is 2.70 bits per heavy atom. The number of hydrogen-bond donors (Lipinski definition) is 2. The Labute approximate surface area is 112 Å². The molecule has 0 bridgehead atoms. The van der Waals surface area contributed by atoms with Crippen LogP contribution in [0.2, 0.25) is 0 Å². The zero-order valence-corrected chi connectivity index (χ0v) is 10.4. The summed E-state index contributed by atoms with van der Waals surface area (Å²) in [6, 6.07) is 3.24. The molecule has 0 atom stereocenters. The van der Waals surface area contributed by atoms with Crippen LogP contribution in [0.4, 0.5) is 14.5 Å². The Morgan fingerprint density at radius 2 is 2.20 bits per heavy atom. The number of carbonyl (C=O) groups excluding carboxylic acids is 1. The number of rotatable bonds is 6. The number of alkyl halides is 2. The van der Waals surface area contributed by atoms with Gasteiger partial charge in [-0.05, 0) is 6.07 Å². The maximum atomic E-state index is 12.8. The minimum Gasteiger partial charge on any atom is -0.496 e. The fourth-order valence-corrected chi connectivity index (χ4v) is 1.35. The molecule has 1 rings (SSSR count). The predicted molar refractivity (Wildman–Crippen MR) is 64.0 cm³/mol. The minimum atomic E-state index is -3.47. The van der Waals surface area contributed by atoms with Gasteiger partial charge in [-0.1, -0.05) is 0 Å². The molecular weight excluding hydrogens is 278 g/mol. The second kappa shape index (κ2) is 6.24. The van der Waals surface area contributed by atoms with Crippen molar-refractivity contribution in [3.63, 3.8) is 0 Å². The fourth-order valence-electron chi connectivity index (χ4n) is 1.35. The molecule has 0 unspecified atom stereocenters. The summed E-state index contributed by atoms with van der Waals surface area (Å²) < 4.78 is 30.5. The highest BCUT2D eigenvalue weighted by molar-refractivity contribution is 5.97. The van der Waals surface area contributed by atoms with Crippen LogP contribution in [0.5, 0.6) is 5.75 Å². The van der Waals surface area contributed by atoms with E-state index in [4.69, 9.17) is 9.84 Å². The van der Waals surface area contributed by atoms with Gasteiger partial charge in [-0.25, -0.2) is 8.78 Å². The maximum Gasteiger partial charge on any atom is 0.287 e. The van der Waals surface area contributed by atoms with E-state index in [9.17, 15) is 23.7 Å². The highest BCUT2D eigenvalue weighted by Crippen LogP contribution is 2.24. The second-order valence-corrected chi connectivity index (χ2v) is 3.84. The molecule has 0 aromatic heterocycles. The number of aliphatic hydroxyl groups excluding tert-OH is 1. The summed E-state index contributed by atoms with van der Waals surface area (Å²) >= 11 is 0. The number of hydrogen-bond acceptors (Lipinski definition) is 5. The summed E-state index contributed by atoms with van der Waals surface area (Å²) in [6.45, 7) is -2.51. The van der Waals surface area contributed by atoms with Crippen molar-refractivity contribution in [1.82, 2.24) is 5.32 Å². The van der Waals surface area contributed by atoms with E-state index in [-0.39, 0.29) is 17.0 Å². The number of benzene rings is 1. The van der Waals surface area contributed by atoms with Crippen molar-refractivity contribution in [1.29, 1.82) is 0 Å². The van der Waals surface area contributed by atoms with Gasteiger partial charge in [0.1, 0.15) is 12.4 Å². The van der Waals surface area contributed by atoms with E-state index in [0.29, 0.717) is 0 Å². The van der Waals surface area contributed by atoms with E-state index >= 15 is 0 Å². The first-order valence-corrected chi connectivity index (χ1v) is 5.40. The molecule has 0 heterocycles. The molecule has 0 saturated carbocycles. The van der Waals surface area contributed by atoms with Crippen molar-refractivity contribution >= 4 is 11.6 Å². The van der Waals surface area contributed by atoms with Gasteiger partial charge in [0.25, 0.3) is 17.5 Å². The monoisotopic (exact) mass is 290 g/mol. The van der Waals surface area contributed by atoms with Gasteiger partial charge < -0.3 is 15.2 Å². The van der Waals surface area contributed by atoms with Gasteiger partial charge in [-0.2, -0.15) is 0 Å². The van der Waals surface area contributed by atoms with E-state index in [1.807, 2.05) is 5.32 Å². The number of non-ortho nitro benzene ring substituents is 1. The number of carbonyl (C=O) groups is 1. The third-order valence-electron chi connectivity index (χ3n) is 2.38. The van der Waals surface area contributed by atoms with Crippen molar-refractivity contribution in [2.45, 2.75) is 5.92 Å². The summed E-state index contributed by atoms with van der Waals surface area (Å²) in [5, 5.41) is 20.9. The van der Waals surface area contributed by atoms with Gasteiger partial charge in [-0.15, -0.1) is 0 Å². The molecule has 2 N–H and O–H groups in total. The molecule has 0 aliphatic heterocycles. The normalized spacial score (nSPS) is 11.0. The van der Waals surface area contributed by atoms with E-state index in [1.54, 1.807) is 0 Å². The lowest BCUT2D eigenvalue weighted by molar-refractivity contribution is -0.384. The Balaban J connectivity index is 2.96. The Bertz CT molecular complexity index is 522. The standard InChI is InChI=1S/C11H12F2N2O5/c1-20-9-3-2-7(15(18)19)4-8(9)10(17)14-5-11(12,13)6-16/h2-4,16H,5-6H2,1H3,(H,14,17). The molecule has 9 heteroatoms. The summed E-state index contributed by atoms with van der Waals surface area (Å²) in [6.07, 6.45) is 0. The molecule has 0 saturated heterocycles. The van der Waals surface area contributed by atoms with Gasteiger partial charge in [0.2, 0.25) is 0 Å². The zero-order valence-electron chi connectivity index (χ0n) is 10.4. The largest absolute Gasteiger partial charge is 0.496 e. The maximum absolute atomic E-state index is 12.8. The lowest BCUT2D eigenvalue weighted by Crippen LogP contribution is -2.39. The average molecular weight is 290 g/mol. The summed E-state index contributed by atoms with van der Waals surface area (Å²) in [4.78, 5) is 21.6. The van der Waals surface area contributed by atoms with Crippen LogP contribution in [-0.4, -0.2) is 42.1 Å². The van der Waals surface area contributed by atoms with Crippen molar-refractivity contribution < 1.29 is 28.3 Å². The number of ether oxygens (including phenoxy) is 1. The molecule has 1 aromatic rings. The van der Waals surface area contributed by atoms with Crippen molar-refractivity contribution in [3.05, 3.63) is 33.9 Å². The molecule has 20 heavy (non-hydrogen) atoms. The van der Waals surface area contributed by atoms with Crippen LogP contribution in [0.3, 0.4) is 0 Å². The molecule has 0 fully saturated rings. The minimum absolute atomic E-state index is 0.0143. The predicted octanol–water partition coefficient (Wildman–Crippen LogP) is 0.961. The lowest BCUT2D eigenvalue weighted by atomic mass is 10.1. The summed E-state index contributed by atoms with van der Waals surface area (Å²) in [7, 11) is 1.24.